The molecule has 4 nitrogen and oxygen atoms in total. The predicted octanol–water partition coefficient (Wildman–Crippen LogP) is 0.113. The molecule has 0 aromatic heterocycles. The van der Waals surface area contributed by atoms with Gasteiger partial charge in [-0.15, -0.1) is 0 Å². The van der Waals surface area contributed by atoms with E-state index in [2.05, 4.69) is 10.7 Å². The SMILES string of the molecule is O=C1CCNN1CCC1CCCNC1. The van der Waals surface area contributed by atoms with Gasteiger partial charge in [-0.3, -0.25) is 9.80 Å². The summed E-state index contributed by atoms with van der Waals surface area (Å²) in [5.74, 6) is 1.02. The number of carbonyl (C=O) groups excluding carboxylic acids is 1. The molecule has 0 aliphatic carbocycles. The molecule has 4 heteroatoms. The van der Waals surface area contributed by atoms with Gasteiger partial charge in [-0.25, -0.2) is 5.43 Å². The highest BCUT2D eigenvalue weighted by atomic mass is 16.2. The van der Waals surface area contributed by atoms with E-state index in [1.807, 2.05) is 0 Å². The van der Waals surface area contributed by atoms with Crippen molar-refractivity contribution >= 4 is 5.91 Å². The fourth-order valence-electron chi connectivity index (χ4n) is 2.21. The highest BCUT2D eigenvalue weighted by molar-refractivity contribution is 5.77. The molecule has 2 saturated heterocycles. The molecule has 0 radical (unpaired) electrons. The van der Waals surface area contributed by atoms with Crippen LogP contribution in [-0.2, 0) is 4.79 Å². The highest BCUT2D eigenvalue weighted by Crippen LogP contribution is 2.14. The first-order valence-corrected chi connectivity index (χ1v) is 5.61. The smallest absolute Gasteiger partial charge is 0.238 e. The van der Waals surface area contributed by atoms with Crippen molar-refractivity contribution in [3.63, 3.8) is 0 Å². The first-order chi connectivity index (χ1) is 6.86. The van der Waals surface area contributed by atoms with Crippen LogP contribution in [0.25, 0.3) is 0 Å². The number of hydrogen-bond acceptors (Lipinski definition) is 3. The summed E-state index contributed by atoms with van der Waals surface area (Å²) in [6.45, 7) is 3.99. The second-order valence-corrected chi connectivity index (χ2v) is 4.20. The lowest BCUT2D eigenvalue weighted by atomic mass is 9.96. The maximum atomic E-state index is 11.3. The molecular weight excluding hydrogens is 178 g/mol. The van der Waals surface area contributed by atoms with Gasteiger partial charge in [0, 0.05) is 19.5 Å². The average Bonchev–Trinajstić information content (AvgIpc) is 2.63. The molecule has 1 amide bonds. The van der Waals surface area contributed by atoms with Crippen LogP contribution in [0.2, 0.25) is 0 Å². The van der Waals surface area contributed by atoms with Gasteiger partial charge in [0.2, 0.25) is 5.91 Å². The Morgan fingerprint density at radius 2 is 2.36 bits per heavy atom. The lowest BCUT2D eigenvalue weighted by molar-refractivity contribution is -0.129. The highest BCUT2D eigenvalue weighted by Gasteiger charge is 2.21. The van der Waals surface area contributed by atoms with E-state index < -0.39 is 0 Å². The van der Waals surface area contributed by atoms with Crippen LogP contribution in [-0.4, -0.2) is 37.1 Å². The summed E-state index contributed by atoms with van der Waals surface area (Å²) in [5, 5.41) is 5.18. The van der Waals surface area contributed by atoms with Crippen molar-refractivity contribution in [2.75, 3.05) is 26.2 Å². The molecule has 0 saturated carbocycles. The monoisotopic (exact) mass is 197 g/mol. The van der Waals surface area contributed by atoms with Gasteiger partial charge < -0.3 is 5.32 Å². The summed E-state index contributed by atoms with van der Waals surface area (Å²) < 4.78 is 0. The van der Waals surface area contributed by atoms with Crippen molar-refractivity contribution in [3.05, 3.63) is 0 Å². The van der Waals surface area contributed by atoms with Crippen molar-refractivity contribution in [2.24, 2.45) is 5.92 Å². The summed E-state index contributed by atoms with van der Waals surface area (Å²) in [6, 6.07) is 0. The van der Waals surface area contributed by atoms with Crippen LogP contribution in [0.15, 0.2) is 0 Å². The molecule has 80 valence electrons. The van der Waals surface area contributed by atoms with Crippen molar-refractivity contribution in [1.82, 2.24) is 15.8 Å². The molecule has 2 rings (SSSR count). The van der Waals surface area contributed by atoms with E-state index in [1.54, 1.807) is 5.01 Å². The third-order valence-electron chi connectivity index (χ3n) is 3.10. The van der Waals surface area contributed by atoms with E-state index in [1.165, 1.54) is 12.8 Å². The van der Waals surface area contributed by atoms with Gasteiger partial charge in [0.15, 0.2) is 0 Å². The topological polar surface area (TPSA) is 44.4 Å². The van der Waals surface area contributed by atoms with E-state index in [4.69, 9.17) is 0 Å². The van der Waals surface area contributed by atoms with Gasteiger partial charge >= 0.3 is 0 Å². The molecule has 0 spiro atoms. The second-order valence-electron chi connectivity index (χ2n) is 4.20. The largest absolute Gasteiger partial charge is 0.316 e. The Labute approximate surface area is 85.0 Å². The maximum Gasteiger partial charge on any atom is 0.238 e. The molecule has 2 aliphatic heterocycles. The molecule has 0 aromatic rings. The van der Waals surface area contributed by atoms with Gasteiger partial charge in [0.1, 0.15) is 0 Å². The third-order valence-corrected chi connectivity index (χ3v) is 3.10. The molecule has 1 atom stereocenters. The van der Waals surface area contributed by atoms with Gasteiger partial charge in [0.05, 0.1) is 0 Å². The minimum absolute atomic E-state index is 0.258. The predicted molar refractivity (Wildman–Crippen MR) is 54.5 cm³/mol. The standard InChI is InChI=1S/C10H19N3O/c14-10-3-6-12-13(10)7-4-9-2-1-5-11-8-9/h9,11-12H,1-8H2. The molecular formula is C10H19N3O. The zero-order valence-electron chi connectivity index (χ0n) is 8.59. The summed E-state index contributed by atoms with van der Waals surface area (Å²) >= 11 is 0. The summed E-state index contributed by atoms with van der Waals surface area (Å²) in [5.41, 5.74) is 3.11. The van der Waals surface area contributed by atoms with E-state index in [0.717, 1.165) is 38.5 Å². The van der Waals surface area contributed by atoms with E-state index in [-0.39, 0.29) is 5.91 Å². The number of amides is 1. The van der Waals surface area contributed by atoms with Gasteiger partial charge in [-0.2, -0.15) is 0 Å². The van der Waals surface area contributed by atoms with Gasteiger partial charge in [-0.05, 0) is 38.3 Å². The first-order valence-electron chi connectivity index (χ1n) is 5.61. The lowest BCUT2D eigenvalue weighted by Crippen LogP contribution is -2.38. The van der Waals surface area contributed by atoms with Crippen LogP contribution in [0.5, 0.6) is 0 Å². The van der Waals surface area contributed by atoms with Crippen LogP contribution in [0, 0.1) is 5.92 Å². The van der Waals surface area contributed by atoms with Crippen molar-refractivity contribution in [3.8, 4) is 0 Å². The Morgan fingerprint density at radius 3 is 3.00 bits per heavy atom. The normalized spacial score (nSPS) is 28.4. The zero-order chi connectivity index (χ0) is 9.80. The lowest BCUT2D eigenvalue weighted by Gasteiger charge is -2.25. The summed E-state index contributed by atoms with van der Waals surface area (Å²) in [4.78, 5) is 11.3. The van der Waals surface area contributed by atoms with E-state index in [0.29, 0.717) is 6.42 Å². The van der Waals surface area contributed by atoms with Gasteiger partial charge in [0.25, 0.3) is 0 Å². The fourth-order valence-corrected chi connectivity index (χ4v) is 2.21. The van der Waals surface area contributed by atoms with E-state index >= 15 is 0 Å². The number of hydrogen-bond donors (Lipinski definition) is 2. The van der Waals surface area contributed by atoms with Crippen molar-refractivity contribution in [1.29, 1.82) is 0 Å². The molecule has 0 bridgehead atoms. The molecule has 2 aliphatic rings. The van der Waals surface area contributed by atoms with Crippen LogP contribution in [0.4, 0.5) is 0 Å². The second kappa shape index (κ2) is 4.75. The molecule has 0 aromatic carbocycles. The average molecular weight is 197 g/mol. The molecule has 2 N–H and O–H groups in total. The molecule has 14 heavy (non-hydrogen) atoms. The zero-order valence-corrected chi connectivity index (χ0v) is 8.59. The molecule has 1 unspecified atom stereocenters. The Balaban J connectivity index is 1.68. The Morgan fingerprint density at radius 1 is 1.43 bits per heavy atom. The number of piperidine rings is 1. The first kappa shape index (κ1) is 9.93. The van der Waals surface area contributed by atoms with Gasteiger partial charge in [-0.1, -0.05) is 0 Å². The molecule has 2 fully saturated rings. The van der Waals surface area contributed by atoms with Crippen LogP contribution >= 0.6 is 0 Å². The number of carbonyl (C=O) groups is 1. The van der Waals surface area contributed by atoms with Crippen LogP contribution in [0.3, 0.4) is 0 Å². The number of hydrazine groups is 1. The fraction of sp³-hybridized carbons (Fsp3) is 0.900. The Bertz CT molecular complexity index is 202. The van der Waals surface area contributed by atoms with Crippen molar-refractivity contribution in [2.45, 2.75) is 25.7 Å². The summed E-state index contributed by atoms with van der Waals surface area (Å²) in [7, 11) is 0. The van der Waals surface area contributed by atoms with E-state index in [9.17, 15) is 4.79 Å². The number of nitrogens with one attached hydrogen (secondary N) is 2. The quantitative estimate of drug-likeness (QED) is 0.675. The number of rotatable bonds is 3. The molecule has 2 heterocycles. The maximum absolute atomic E-state index is 11.3. The minimum atomic E-state index is 0.258. The van der Waals surface area contributed by atoms with Crippen LogP contribution < -0.4 is 10.7 Å². The Kier molecular flexibility index (Phi) is 3.37. The van der Waals surface area contributed by atoms with Crippen LogP contribution in [0.1, 0.15) is 25.7 Å². The third kappa shape index (κ3) is 2.45. The van der Waals surface area contributed by atoms with Crippen molar-refractivity contribution < 1.29 is 4.79 Å². The number of nitrogens with zero attached hydrogens (tertiary/aromatic N) is 1. The summed E-state index contributed by atoms with van der Waals surface area (Å²) in [6.07, 6.45) is 4.40. The Hall–Kier alpha value is -0.610. The minimum Gasteiger partial charge on any atom is -0.316 e.